The van der Waals surface area contributed by atoms with Gasteiger partial charge >= 0.3 is 0 Å². The number of hydrogen-bond donors (Lipinski definition) is 2. The van der Waals surface area contributed by atoms with Gasteiger partial charge in [-0.15, -0.1) is 24.8 Å². The van der Waals surface area contributed by atoms with Crippen molar-refractivity contribution >= 4 is 24.8 Å². The van der Waals surface area contributed by atoms with Gasteiger partial charge in [-0.2, -0.15) is 0 Å². The van der Waals surface area contributed by atoms with E-state index in [0.29, 0.717) is 11.5 Å². The summed E-state index contributed by atoms with van der Waals surface area (Å²) >= 11 is 0. The second-order valence-electron chi connectivity index (χ2n) is 4.97. The van der Waals surface area contributed by atoms with E-state index in [0.717, 1.165) is 38.2 Å². The van der Waals surface area contributed by atoms with Gasteiger partial charge in [0.15, 0.2) is 0 Å². The molecule has 0 unspecified atom stereocenters. The van der Waals surface area contributed by atoms with Gasteiger partial charge in [-0.05, 0) is 6.42 Å². The molecule has 1 saturated heterocycles. The molecule has 1 fully saturated rings. The van der Waals surface area contributed by atoms with Crippen LogP contribution in [0.3, 0.4) is 0 Å². The highest BCUT2D eigenvalue weighted by atomic mass is 35.5. The first-order chi connectivity index (χ1) is 9.71. The average Bonchev–Trinajstić information content (AvgIpc) is 2.50. The van der Waals surface area contributed by atoms with E-state index in [2.05, 4.69) is 17.1 Å². The minimum atomic E-state index is 0. The maximum absolute atomic E-state index is 10.4. The fourth-order valence-electron chi connectivity index (χ4n) is 2.85. The van der Waals surface area contributed by atoms with Crippen molar-refractivity contribution in [1.29, 1.82) is 0 Å². The zero-order valence-corrected chi connectivity index (χ0v) is 14.9. The fourth-order valence-corrected chi connectivity index (χ4v) is 2.85. The van der Waals surface area contributed by atoms with Gasteiger partial charge < -0.3 is 19.9 Å². The molecule has 1 heterocycles. The number of methoxy groups -OCH3 is 2. The van der Waals surface area contributed by atoms with E-state index in [1.54, 1.807) is 20.3 Å². The van der Waals surface area contributed by atoms with Gasteiger partial charge in [-0.25, -0.2) is 0 Å². The third kappa shape index (κ3) is 4.56. The van der Waals surface area contributed by atoms with Crippen LogP contribution in [0.2, 0.25) is 0 Å². The van der Waals surface area contributed by atoms with E-state index in [4.69, 9.17) is 9.47 Å². The lowest BCUT2D eigenvalue weighted by Gasteiger charge is -2.35. The molecule has 0 amide bonds. The molecule has 1 aliphatic rings. The molecule has 22 heavy (non-hydrogen) atoms. The van der Waals surface area contributed by atoms with Crippen molar-refractivity contribution in [2.75, 3.05) is 40.4 Å². The van der Waals surface area contributed by atoms with Crippen LogP contribution in [0.4, 0.5) is 0 Å². The van der Waals surface area contributed by atoms with Crippen LogP contribution >= 0.6 is 24.8 Å². The Morgan fingerprint density at radius 1 is 1.18 bits per heavy atom. The number of hydrogen-bond acceptors (Lipinski definition) is 5. The van der Waals surface area contributed by atoms with Gasteiger partial charge in [0.25, 0.3) is 0 Å². The van der Waals surface area contributed by atoms with Crippen molar-refractivity contribution in [3.8, 4) is 17.2 Å². The lowest BCUT2D eigenvalue weighted by Crippen LogP contribution is -2.45. The lowest BCUT2D eigenvalue weighted by molar-refractivity contribution is 0.163. The monoisotopic (exact) mass is 352 g/mol. The molecule has 0 spiro atoms. The zero-order chi connectivity index (χ0) is 14.5. The second-order valence-corrected chi connectivity index (χ2v) is 4.97. The summed E-state index contributed by atoms with van der Waals surface area (Å²) < 4.78 is 10.6. The summed E-state index contributed by atoms with van der Waals surface area (Å²) in [5.41, 5.74) is 0.859. The number of ether oxygens (including phenoxy) is 2. The van der Waals surface area contributed by atoms with E-state index >= 15 is 0 Å². The van der Waals surface area contributed by atoms with Gasteiger partial charge in [-0.3, -0.25) is 4.90 Å². The van der Waals surface area contributed by atoms with Crippen LogP contribution in [0.15, 0.2) is 12.1 Å². The topological polar surface area (TPSA) is 54.0 Å². The van der Waals surface area contributed by atoms with Crippen LogP contribution in [0.5, 0.6) is 17.2 Å². The van der Waals surface area contributed by atoms with E-state index in [-0.39, 0.29) is 36.6 Å². The average molecular weight is 353 g/mol. The molecule has 2 rings (SSSR count). The molecule has 1 atom stereocenters. The Morgan fingerprint density at radius 3 is 2.32 bits per heavy atom. The number of phenolic OH excluding ortho intramolecular Hbond substituents is 1. The number of aromatic hydroxyl groups is 1. The Kier molecular flexibility index (Phi) is 9.60. The summed E-state index contributed by atoms with van der Waals surface area (Å²) in [6.07, 6.45) is 0.927. The maximum atomic E-state index is 10.4. The van der Waals surface area contributed by atoms with E-state index < -0.39 is 0 Å². The summed E-state index contributed by atoms with van der Waals surface area (Å²) in [7, 11) is 3.21. The third-order valence-corrected chi connectivity index (χ3v) is 3.86. The highest BCUT2D eigenvalue weighted by Gasteiger charge is 2.26. The first-order valence-electron chi connectivity index (χ1n) is 7.10. The maximum Gasteiger partial charge on any atom is 0.131 e. The van der Waals surface area contributed by atoms with Gasteiger partial charge in [0.1, 0.15) is 17.2 Å². The highest BCUT2D eigenvalue weighted by Crippen LogP contribution is 2.41. The number of halogens is 2. The van der Waals surface area contributed by atoms with Crippen LogP contribution < -0.4 is 14.8 Å². The number of benzene rings is 1. The fraction of sp³-hybridized carbons (Fsp3) is 0.600. The molecule has 1 aromatic rings. The normalized spacial score (nSPS) is 16.1. The first-order valence-corrected chi connectivity index (χ1v) is 7.10. The molecule has 0 saturated carbocycles. The molecular weight excluding hydrogens is 327 g/mol. The van der Waals surface area contributed by atoms with Gasteiger partial charge in [0.2, 0.25) is 0 Å². The predicted molar refractivity (Wildman–Crippen MR) is 93.2 cm³/mol. The Labute approximate surface area is 144 Å². The van der Waals surface area contributed by atoms with E-state index in [1.807, 2.05) is 6.07 Å². The molecule has 1 aliphatic heterocycles. The number of rotatable bonds is 5. The zero-order valence-electron chi connectivity index (χ0n) is 13.3. The summed E-state index contributed by atoms with van der Waals surface area (Å²) in [6, 6.07) is 3.65. The minimum absolute atomic E-state index is 0. The smallest absolute Gasteiger partial charge is 0.131 e. The molecule has 7 heteroatoms. The number of nitrogens with zero attached hydrogens (tertiary/aromatic N) is 1. The number of piperazine rings is 1. The highest BCUT2D eigenvalue weighted by molar-refractivity contribution is 5.85. The van der Waals surface area contributed by atoms with Crippen molar-refractivity contribution in [3.63, 3.8) is 0 Å². The standard InChI is InChI=1S/C15H24N2O3.2ClH/c1-4-12(17-7-5-16-6-8-17)15-13(18)9-11(19-2)10-14(15)20-3;;/h9-10,12,16,18H,4-8H2,1-3H3;2*1H/t12-;;/m0../s1. The molecule has 2 N–H and O–H groups in total. The van der Waals surface area contributed by atoms with Gasteiger partial charge in [0, 0.05) is 44.4 Å². The van der Waals surface area contributed by atoms with Crippen LogP contribution in [-0.4, -0.2) is 50.4 Å². The summed E-state index contributed by atoms with van der Waals surface area (Å²) in [5.74, 6) is 1.54. The summed E-state index contributed by atoms with van der Waals surface area (Å²) in [5, 5.41) is 13.7. The molecule has 1 aromatic carbocycles. The molecule has 5 nitrogen and oxygen atoms in total. The molecule has 0 aromatic heterocycles. The van der Waals surface area contributed by atoms with E-state index in [9.17, 15) is 5.11 Å². The van der Waals surface area contributed by atoms with Crippen LogP contribution in [0, 0.1) is 0 Å². The molecule has 0 radical (unpaired) electrons. The molecule has 128 valence electrons. The second kappa shape index (κ2) is 10.0. The van der Waals surface area contributed by atoms with Crippen molar-refractivity contribution < 1.29 is 14.6 Å². The third-order valence-electron chi connectivity index (χ3n) is 3.86. The largest absolute Gasteiger partial charge is 0.507 e. The Morgan fingerprint density at radius 2 is 1.82 bits per heavy atom. The van der Waals surface area contributed by atoms with Gasteiger partial charge in [0.05, 0.1) is 19.8 Å². The van der Waals surface area contributed by atoms with Crippen molar-refractivity contribution in [2.45, 2.75) is 19.4 Å². The van der Waals surface area contributed by atoms with Crippen molar-refractivity contribution in [1.82, 2.24) is 10.2 Å². The van der Waals surface area contributed by atoms with Crippen LogP contribution in [-0.2, 0) is 0 Å². The lowest BCUT2D eigenvalue weighted by atomic mass is 9.99. The number of phenols is 1. The Bertz CT molecular complexity index is 455. The summed E-state index contributed by atoms with van der Waals surface area (Å²) in [4.78, 5) is 2.39. The Balaban J connectivity index is 0.00000220. The molecular formula is C15H26Cl2N2O3. The predicted octanol–water partition coefficient (Wildman–Crippen LogP) is 2.61. The minimum Gasteiger partial charge on any atom is -0.507 e. The quantitative estimate of drug-likeness (QED) is 0.852. The van der Waals surface area contributed by atoms with E-state index in [1.165, 1.54) is 0 Å². The first kappa shape index (κ1) is 21.1. The van der Waals surface area contributed by atoms with Crippen LogP contribution in [0.25, 0.3) is 0 Å². The molecule has 0 aliphatic carbocycles. The summed E-state index contributed by atoms with van der Waals surface area (Å²) in [6.45, 7) is 6.06. The number of nitrogens with one attached hydrogen (secondary N) is 1. The SMILES string of the molecule is CC[C@@H](c1c(O)cc(OC)cc1OC)N1CCNCC1.Cl.Cl. The Hall–Kier alpha value is -0.880. The van der Waals surface area contributed by atoms with Crippen molar-refractivity contribution in [2.24, 2.45) is 0 Å². The van der Waals surface area contributed by atoms with Crippen LogP contribution in [0.1, 0.15) is 24.9 Å². The van der Waals surface area contributed by atoms with Crippen molar-refractivity contribution in [3.05, 3.63) is 17.7 Å². The van der Waals surface area contributed by atoms with Gasteiger partial charge in [-0.1, -0.05) is 6.92 Å². The molecule has 0 bridgehead atoms.